The molecule has 1 saturated carbocycles. The van der Waals surface area contributed by atoms with Gasteiger partial charge in [0.2, 0.25) is 5.91 Å². The normalized spacial score (nSPS) is 17.5. The Labute approximate surface area is 119 Å². The zero-order valence-electron chi connectivity index (χ0n) is 10.5. The van der Waals surface area contributed by atoms with Gasteiger partial charge < -0.3 is 5.32 Å². The molecule has 4 nitrogen and oxygen atoms in total. The minimum atomic E-state index is -0.235. The first kappa shape index (κ1) is 12.7. The van der Waals surface area contributed by atoms with E-state index in [4.69, 9.17) is 0 Å². The zero-order valence-corrected chi connectivity index (χ0v) is 12.1. The third kappa shape index (κ3) is 2.69. The van der Waals surface area contributed by atoms with Crippen molar-refractivity contribution in [2.75, 3.05) is 0 Å². The van der Waals surface area contributed by atoms with Gasteiger partial charge in [-0.05, 0) is 12.8 Å². The molecule has 1 aliphatic carbocycles. The number of hydrogen-bond acceptors (Lipinski definition) is 5. The van der Waals surface area contributed by atoms with Crippen LogP contribution in [0.5, 0.6) is 0 Å². The van der Waals surface area contributed by atoms with Crippen LogP contribution in [0.1, 0.15) is 36.4 Å². The first-order valence-electron chi connectivity index (χ1n) is 6.37. The summed E-state index contributed by atoms with van der Waals surface area (Å²) in [5.74, 6) is 0.0444. The summed E-state index contributed by atoms with van der Waals surface area (Å²) in [7, 11) is 0. The molecule has 0 bridgehead atoms. The highest BCUT2D eigenvalue weighted by Gasteiger charge is 2.39. The van der Waals surface area contributed by atoms with Gasteiger partial charge >= 0.3 is 0 Å². The van der Waals surface area contributed by atoms with E-state index < -0.39 is 0 Å². The largest absolute Gasteiger partial charge is 0.344 e. The molecule has 0 unspecified atom stereocenters. The summed E-state index contributed by atoms with van der Waals surface area (Å²) in [6, 6.07) is 0. The van der Waals surface area contributed by atoms with Crippen molar-refractivity contribution in [1.82, 2.24) is 15.3 Å². The van der Waals surface area contributed by atoms with E-state index in [1.807, 2.05) is 17.0 Å². The number of hydrogen-bond donors (Lipinski definition) is 1. The molecule has 6 heteroatoms. The minimum absolute atomic E-state index is 0.0444. The van der Waals surface area contributed by atoms with Crippen molar-refractivity contribution in [2.45, 2.75) is 37.6 Å². The molecule has 1 aliphatic rings. The molecule has 0 saturated heterocycles. The first-order valence-corrected chi connectivity index (χ1v) is 8.19. The molecule has 0 aliphatic heterocycles. The summed E-state index contributed by atoms with van der Waals surface area (Å²) >= 11 is 3.15. The quantitative estimate of drug-likeness (QED) is 0.943. The van der Waals surface area contributed by atoms with Gasteiger partial charge in [0, 0.05) is 17.0 Å². The van der Waals surface area contributed by atoms with E-state index in [0.29, 0.717) is 6.42 Å². The highest BCUT2D eigenvalue weighted by atomic mass is 32.1. The lowest BCUT2D eigenvalue weighted by molar-refractivity contribution is -0.122. The lowest BCUT2D eigenvalue weighted by Crippen LogP contribution is -2.44. The van der Waals surface area contributed by atoms with Gasteiger partial charge in [-0.1, -0.05) is 12.8 Å². The van der Waals surface area contributed by atoms with Crippen molar-refractivity contribution in [3.8, 4) is 0 Å². The van der Waals surface area contributed by atoms with Crippen LogP contribution in [0.4, 0.5) is 0 Å². The molecule has 0 aromatic carbocycles. The lowest BCUT2D eigenvalue weighted by atomic mass is 9.98. The predicted octanol–water partition coefficient (Wildman–Crippen LogP) is 2.73. The molecule has 1 fully saturated rings. The van der Waals surface area contributed by atoms with Crippen LogP contribution >= 0.6 is 22.7 Å². The molecule has 0 radical (unpaired) electrons. The average Bonchev–Trinajstić information content (AvgIpc) is 3.11. The highest BCUT2D eigenvalue weighted by Crippen LogP contribution is 2.39. The second-order valence-corrected chi connectivity index (χ2v) is 6.44. The van der Waals surface area contributed by atoms with Crippen molar-refractivity contribution in [3.63, 3.8) is 0 Å². The second-order valence-electron chi connectivity index (χ2n) is 4.83. The van der Waals surface area contributed by atoms with E-state index in [2.05, 4.69) is 15.3 Å². The fourth-order valence-electron chi connectivity index (χ4n) is 2.63. The van der Waals surface area contributed by atoms with Gasteiger partial charge in [-0.2, -0.15) is 0 Å². The van der Waals surface area contributed by atoms with E-state index >= 15 is 0 Å². The summed E-state index contributed by atoms with van der Waals surface area (Å²) in [5.41, 5.74) is 2.37. The van der Waals surface area contributed by atoms with Gasteiger partial charge in [0.25, 0.3) is 0 Å². The molecule has 100 valence electrons. The summed E-state index contributed by atoms with van der Waals surface area (Å²) in [5, 5.41) is 8.14. The molecule has 0 atom stereocenters. The molecule has 0 spiro atoms. The van der Waals surface area contributed by atoms with Crippen LogP contribution in [-0.4, -0.2) is 15.9 Å². The Morgan fingerprint density at radius 3 is 2.84 bits per heavy atom. The summed E-state index contributed by atoms with van der Waals surface area (Å²) < 4.78 is 0. The smallest absolute Gasteiger partial charge is 0.226 e. The van der Waals surface area contributed by atoms with Crippen LogP contribution in [-0.2, 0) is 16.8 Å². The predicted molar refractivity (Wildman–Crippen MR) is 76.2 cm³/mol. The van der Waals surface area contributed by atoms with Crippen LogP contribution < -0.4 is 5.32 Å². The third-order valence-corrected chi connectivity index (χ3v) is 5.12. The Morgan fingerprint density at radius 1 is 1.37 bits per heavy atom. The Kier molecular flexibility index (Phi) is 3.61. The maximum Gasteiger partial charge on any atom is 0.226 e. The lowest BCUT2D eigenvalue weighted by Gasteiger charge is -2.28. The maximum atomic E-state index is 12.2. The van der Waals surface area contributed by atoms with Crippen LogP contribution in [0.2, 0.25) is 0 Å². The van der Waals surface area contributed by atoms with Crippen molar-refractivity contribution in [3.05, 3.63) is 33.2 Å². The number of amides is 1. The number of aromatic nitrogens is 2. The molecule has 1 N–H and O–H groups in total. The molecular formula is C13H15N3OS2. The Bertz CT molecular complexity index is 530. The van der Waals surface area contributed by atoms with Crippen molar-refractivity contribution in [2.24, 2.45) is 0 Å². The van der Waals surface area contributed by atoms with Crippen LogP contribution in [0.3, 0.4) is 0 Å². The Balaban J connectivity index is 1.73. The van der Waals surface area contributed by atoms with Gasteiger partial charge in [-0.25, -0.2) is 9.97 Å². The van der Waals surface area contributed by atoms with Crippen molar-refractivity contribution < 1.29 is 4.79 Å². The number of carbonyl (C=O) groups excluding carboxylic acids is 1. The second kappa shape index (κ2) is 5.38. The number of nitrogens with zero attached hydrogens (tertiary/aromatic N) is 2. The van der Waals surface area contributed by atoms with Gasteiger partial charge in [0.15, 0.2) is 0 Å². The standard InChI is InChI=1S/C13H15N3OS2/c17-11(7-10-8-18-9-15-10)16-13(3-1-2-4-13)12-14-5-6-19-12/h5-6,8-9H,1-4,7H2,(H,16,17). The number of rotatable bonds is 4. The van der Waals surface area contributed by atoms with Crippen molar-refractivity contribution >= 4 is 28.6 Å². The molecule has 3 rings (SSSR count). The molecule has 1 amide bonds. The van der Waals surface area contributed by atoms with Crippen LogP contribution in [0, 0.1) is 0 Å². The topological polar surface area (TPSA) is 54.9 Å². The highest BCUT2D eigenvalue weighted by molar-refractivity contribution is 7.09. The molecule has 2 aromatic heterocycles. The van der Waals surface area contributed by atoms with E-state index in [9.17, 15) is 4.79 Å². The Morgan fingerprint density at radius 2 is 2.21 bits per heavy atom. The summed E-state index contributed by atoms with van der Waals surface area (Å²) in [4.78, 5) is 20.8. The van der Waals surface area contributed by atoms with Crippen molar-refractivity contribution in [1.29, 1.82) is 0 Å². The third-order valence-electron chi connectivity index (χ3n) is 3.50. The molecule has 2 aromatic rings. The van der Waals surface area contributed by atoms with E-state index in [1.165, 1.54) is 11.3 Å². The van der Waals surface area contributed by atoms with E-state index in [0.717, 1.165) is 36.4 Å². The summed E-state index contributed by atoms with van der Waals surface area (Å²) in [6.07, 6.45) is 6.45. The van der Waals surface area contributed by atoms with E-state index in [1.54, 1.807) is 16.8 Å². The summed E-state index contributed by atoms with van der Waals surface area (Å²) in [6.45, 7) is 0. The number of carbonyl (C=O) groups is 1. The number of nitrogens with one attached hydrogen (secondary N) is 1. The van der Waals surface area contributed by atoms with E-state index in [-0.39, 0.29) is 11.4 Å². The van der Waals surface area contributed by atoms with Gasteiger partial charge in [0.1, 0.15) is 5.01 Å². The Hall–Kier alpha value is -1.27. The minimum Gasteiger partial charge on any atom is -0.344 e. The SMILES string of the molecule is O=C(Cc1cscn1)NC1(c2nccs2)CCCC1. The zero-order chi connectivity index (χ0) is 13.1. The molecule has 2 heterocycles. The van der Waals surface area contributed by atoms with Gasteiger partial charge in [0.05, 0.1) is 23.2 Å². The van der Waals surface area contributed by atoms with Gasteiger partial charge in [-0.3, -0.25) is 4.79 Å². The van der Waals surface area contributed by atoms with Crippen LogP contribution in [0.25, 0.3) is 0 Å². The molecular weight excluding hydrogens is 278 g/mol. The van der Waals surface area contributed by atoms with Gasteiger partial charge in [-0.15, -0.1) is 22.7 Å². The monoisotopic (exact) mass is 293 g/mol. The molecule has 19 heavy (non-hydrogen) atoms. The first-order chi connectivity index (χ1) is 9.28. The number of thiazole rings is 2. The maximum absolute atomic E-state index is 12.2. The van der Waals surface area contributed by atoms with Crippen LogP contribution in [0.15, 0.2) is 22.5 Å². The average molecular weight is 293 g/mol. The fraction of sp³-hybridized carbons (Fsp3) is 0.462. The fourth-order valence-corrected chi connectivity index (χ4v) is 4.04.